The molecule has 0 aliphatic rings. The van der Waals surface area contributed by atoms with E-state index in [0.717, 1.165) is 12.5 Å². The zero-order valence-electron chi connectivity index (χ0n) is 19.1. The van der Waals surface area contributed by atoms with Crippen molar-refractivity contribution >= 4 is 17.9 Å². The summed E-state index contributed by atoms with van der Waals surface area (Å²) in [6.45, 7) is 9.33. The Morgan fingerprint density at radius 3 is 2.30 bits per heavy atom. The molecule has 7 heteroatoms. The predicted octanol–water partition coefficient (Wildman–Crippen LogP) is 4.97. The van der Waals surface area contributed by atoms with E-state index in [1.54, 1.807) is 62.4 Å². The molecule has 2 rings (SSSR count). The molecule has 0 saturated heterocycles. The number of ether oxygens (including phenoxy) is 4. The highest BCUT2D eigenvalue weighted by Crippen LogP contribution is 2.25. The van der Waals surface area contributed by atoms with Gasteiger partial charge in [-0.05, 0) is 68.3 Å². The molecule has 7 nitrogen and oxygen atoms in total. The molecule has 0 heterocycles. The Morgan fingerprint density at radius 1 is 0.970 bits per heavy atom. The predicted molar refractivity (Wildman–Crippen MR) is 124 cm³/mol. The van der Waals surface area contributed by atoms with Crippen LogP contribution in [0.25, 0.3) is 0 Å². The highest BCUT2D eigenvalue weighted by Gasteiger charge is 2.13. The standard InChI is InChI=1S/C26H28O7/c1-5-8-18(3)25(28)33-23-14-13-22(17-19(23)4)32-26(29)20-9-11-21(12-10-20)30-15-7-16-31-24(27)6-2/h6,8-14,17H,2,5,7,15-16H2,1,3-4H3/b18-8+. The van der Waals surface area contributed by atoms with Gasteiger partial charge in [-0.25, -0.2) is 14.4 Å². The summed E-state index contributed by atoms with van der Waals surface area (Å²) in [6, 6.07) is 11.3. The zero-order chi connectivity index (χ0) is 24.2. The van der Waals surface area contributed by atoms with Gasteiger partial charge < -0.3 is 18.9 Å². The van der Waals surface area contributed by atoms with Crippen LogP contribution in [-0.4, -0.2) is 31.1 Å². The fourth-order valence-corrected chi connectivity index (χ4v) is 2.70. The first-order valence-electron chi connectivity index (χ1n) is 10.6. The van der Waals surface area contributed by atoms with Gasteiger partial charge in [-0.2, -0.15) is 0 Å². The van der Waals surface area contributed by atoms with Gasteiger partial charge >= 0.3 is 17.9 Å². The Kier molecular flexibility index (Phi) is 9.89. The van der Waals surface area contributed by atoms with Crippen LogP contribution in [0.4, 0.5) is 0 Å². The fraction of sp³-hybridized carbons (Fsp3) is 0.269. The molecule has 0 radical (unpaired) electrons. The molecular formula is C26H28O7. The topological polar surface area (TPSA) is 88.1 Å². The Balaban J connectivity index is 1.88. The first kappa shape index (κ1) is 25.4. The van der Waals surface area contributed by atoms with Crippen LogP contribution in [0, 0.1) is 6.92 Å². The van der Waals surface area contributed by atoms with Crippen molar-refractivity contribution in [3.05, 3.63) is 77.9 Å². The van der Waals surface area contributed by atoms with E-state index >= 15 is 0 Å². The second kappa shape index (κ2) is 12.9. The molecule has 33 heavy (non-hydrogen) atoms. The van der Waals surface area contributed by atoms with Crippen LogP contribution in [0.5, 0.6) is 17.2 Å². The zero-order valence-corrected chi connectivity index (χ0v) is 19.1. The number of carbonyl (C=O) groups excluding carboxylic acids is 3. The summed E-state index contributed by atoms with van der Waals surface area (Å²) in [5.41, 5.74) is 1.56. The Hall–Kier alpha value is -3.87. The van der Waals surface area contributed by atoms with Gasteiger partial charge in [-0.15, -0.1) is 0 Å². The van der Waals surface area contributed by atoms with Crippen molar-refractivity contribution in [2.24, 2.45) is 0 Å². The first-order valence-corrected chi connectivity index (χ1v) is 10.6. The molecule has 0 bridgehead atoms. The number of benzene rings is 2. The number of rotatable bonds is 11. The van der Waals surface area contributed by atoms with Gasteiger partial charge in [0.2, 0.25) is 0 Å². The average Bonchev–Trinajstić information content (AvgIpc) is 2.80. The highest BCUT2D eigenvalue weighted by atomic mass is 16.5. The fourth-order valence-electron chi connectivity index (χ4n) is 2.70. The Labute approximate surface area is 193 Å². The van der Waals surface area contributed by atoms with E-state index < -0.39 is 17.9 Å². The van der Waals surface area contributed by atoms with Crippen molar-refractivity contribution in [2.75, 3.05) is 13.2 Å². The third-order valence-electron chi connectivity index (χ3n) is 4.45. The van der Waals surface area contributed by atoms with E-state index in [0.29, 0.717) is 47.0 Å². The monoisotopic (exact) mass is 452 g/mol. The quantitative estimate of drug-likeness (QED) is 0.206. The summed E-state index contributed by atoms with van der Waals surface area (Å²) < 4.78 is 21.2. The van der Waals surface area contributed by atoms with Crippen molar-refractivity contribution in [1.29, 1.82) is 0 Å². The average molecular weight is 453 g/mol. The summed E-state index contributed by atoms with van der Waals surface area (Å²) in [4.78, 5) is 35.5. The lowest BCUT2D eigenvalue weighted by Crippen LogP contribution is -2.11. The molecule has 2 aromatic carbocycles. The summed E-state index contributed by atoms with van der Waals surface area (Å²) in [5, 5.41) is 0. The van der Waals surface area contributed by atoms with Crippen LogP contribution in [0.2, 0.25) is 0 Å². The van der Waals surface area contributed by atoms with Gasteiger partial charge in [0.05, 0.1) is 18.8 Å². The minimum absolute atomic E-state index is 0.238. The third-order valence-corrected chi connectivity index (χ3v) is 4.45. The van der Waals surface area contributed by atoms with Gasteiger partial charge in [0.25, 0.3) is 0 Å². The van der Waals surface area contributed by atoms with Crippen LogP contribution < -0.4 is 14.2 Å². The number of allylic oxidation sites excluding steroid dienone is 1. The van der Waals surface area contributed by atoms with E-state index in [4.69, 9.17) is 18.9 Å². The summed E-state index contributed by atoms with van der Waals surface area (Å²) >= 11 is 0. The summed E-state index contributed by atoms with van der Waals surface area (Å²) in [7, 11) is 0. The Morgan fingerprint density at radius 2 is 1.67 bits per heavy atom. The summed E-state index contributed by atoms with van der Waals surface area (Å²) in [6.07, 6.45) is 4.18. The van der Waals surface area contributed by atoms with Crippen LogP contribution in [0.3, 0.4) is 0 Å². The highest BCUT2D eigenvalue weighted by molar-refractivity contribution is 5.91. The van der Waals surface area contributed by atoms with Crippen LogP contribution >= 0.6 is 0 Å². The third kappa shape index (κ3) is 8.29. The minimum Gasteiger partial charge on any atom is -0.493 e. The maximum Gasteiger partial charge on any atom is 0.343 e. The molecule has 0 saturated carbocycles. The smallest absolute Gasteiger partial charge is 0.343 e. The first-order chi connectivity index (χ1) is 15.8. The van der Waals surface area contributed by atoms with E-state index in [9.17, 15) is 14.4 Å². The van der Waals surface area contributed by atoms with Gasteiger partial charge in [-0.1, -0.05) is 19.6 Å². The maximum absolute atomic E-state index is 12.4. The van der Waals surface area contributed by atoms with Gasteiger partial charge in [0, 0.05) is 18.1 Å². The molecule has 0 fully saturated rings. The SMILES string of the molecule is C=CC(=O)OCCCOc1ccc(C(=O)Oc2ccc(OC(=O)/C(C)=C/CC)c(C)c2)cc1. The summed E-state index contributed by atoms with van der Waals surface area (Å²) in [5.74, 6) is -0.0792. The van der Waals surface area contributed by atoms with Gasteiger partial charge in [0.15, 0.2) is 0 Å². The van der Waals surface area contributed by atoms with E-state index in [1.165, 1.54) is 0 Å². The molecular weight excluding hydrogens is 424 g/mol. The molecule has 0 unspecified atom stereocenters. The van der Waals surface area contributed by atoms with Crippen LogP contribution in [-0.2, 0) is 14.3 Å². The number of esters is 3. The van der Waals surface area contributed by atoms with Gasteiger partial charge in [0.1, 0.15) is 17.2 Å². The minimum atomic E-state index is -0.524. The number of carbonyl (C=O) groups is 3. The molecule has 0 aromatic heterocycles. The van der Waals surface area contributed by atoms with Crippen molar-refractivity contribution < 1.29 is 33.3 Å². The van der Waals surface area contributed by atoms with Crippen LogP contribution in [0.1, 0.15) is 42.6 Å². The molecule has 2 aromatic rings. The molecule has 0 aliphatic heterocycles. The molecule has 0 atom stereocenters. The van der Waals surface area contributed by atoms with Crippen molar-refractivity contribution in [3.63, 3.8) is 0 Å². The van der Waals surface area contributed by atoms with Crippen LogP contribution in [0.15, 0.2) is 66.8 Å². The molecule has 0 N–H and O–H groups in total. The maximum atomic E-state index is 12.4. The Bertz CT molecular complexity index is 1020. The van der Waals surface area contributed by atoms with Gasteiger partial charge in [-0.3, -0.25) is 0 Å². The molecule has 0 spiro atoms. The number of hydrogen-bond donors (Lipinski definition) is 0. The largest absolute Gasteiger partial charge is 0.493 e. The number of aryl methyl sites for hydroxylation is 1. The lowest BCUT2D eigenvalue weighted by Gasteiger charge is -2.10. The lowest BCUT2D eigenvalue weighted by atomic mass is 10.2. The van der Waals surface area contributed by atoms with E-state index in [1.807, 2.05) is 6.92 Å². The molecule has 0 amide bonds. The second-order valence-corrected chi connectivity index (χ2v) is 7.10. The van der Waals surface area contributed by atoms with E-state index in [-0.39, 0.29) is 6.61 Å². The molecule has 174 valence electrons. The number of hydrogen-bond acceptors (Lipinski definition) is 7. The second-order valence-electron chi connectivity index (χ2n) is 7.10. The lowest BCUT2D eigenvalue weighted by molar-refractivity contribution is -0.138. The normalized spacial score (nSPS) is 10.8. The van der Waals surface area contributed by atoms with Crippen molar-refractivity contribution in [3.8, 4) is 17.2 Å². The van der Waals surface area contributed by atoms with E-state index in [2.05, 4.69) is 6.58 Å². The molecule has 0 aliphatic carbocycles. The van der Waals surface area contributed by atoms with Crippen molar-refractivity contribution in [1.82, 2.24) is 0 Å². The van der Waals surface area contributed by atoms with Crippen molar-refractivity contribution in [2.45, 2.75) is 33.6 Å².